The van der Waals surface area contributed by atoms with E-state index >= 15 is 0 Å². The maximum Gasteiger partial charge on any atom is 0.343 e. The van der Waals surface area contributed by atoms with Crippen LogP contribution in [-0.4, -0.2) is 29.3 Å². The number of carbonyl (C=O) groups is 3. The molecule has 6 heteroatoms. The summed E-state index contributed by atoms with van der Waals surface area (Å²) >= 11 is 0. The van der Waals surface area contributed by atoms with Crippen LogP contribution in [0.2, 0.25) is 0 Å². The van der Waals surface area contributed by atoms with Crippen LogP contribution < -0.4 is 4.74 Å². The number of ether oxygens (including phenoxy) is 2. The van der Waals surface area contributed by atoms with Crippen LogP contribution in [0.3, 0.4) is 0 Å². The van der Waals surface area contributed by atoms with Gasteiger partial charge in [0.2, 0.25) is 0 Å². The third-order valence-electron chi connectivity index (χ3n) is 2.22. The Balaban J connectivity index is 3.34. The van der Waals surface area contributed by atoms with Gasteiger partial charge in [-0.2, -0.15) is 0 Å². The van der Waals surface area contributed by atoms with Crippen LogP contribution in [0.4, 0.5) is 0 Å². The number of Topliss-reactive ketones (excluding diaryl/α,β-unsaturated/α-hetero) is 1. The standard InChI is InChI=1S/C12H15NO5/c1-5-17-12(16)9-6(2)13-10(7(3)14)11(9)18-8(4)15/h13H,5H2,1-4H3. The fraction of sp³-hybridized carbons (Fsp3) is 0.417. The Morgan fingerprint density at radius 2 is 1.83 bits per heavy atom. The SMILES string of the molecule is CCOC(=O)c1c(C)[nH]c(C(C)=O)c1OC(C)=O. The highest BCUT2D eigenvalue weighted by Gasteiger charge is 2.26. The summed E-state index contributed by atoms with van der Waals surface area (Å²) in [5.74, 6) is -1.63. The Bertz CT molecular complexity index is 501. The van der Waals surface area contributed by atoms with Gasteiger partial charge in [0, 0.05) is 19.5 Å². The van der Waals surface area contributed by atoms with Crippen molar-refractivity contribution in [3.05, 3.63) is 17.0 Å². The predicted octanol–water partition coefficient (Wildman–Crippen LogP) is 1.63. The van der Waals surface area contributed by atoms with Gasteiger partial charge < -0.3 is 14.5 Å². The molecule has 6 nitrogen and oxygen atoms in total. The second kappa shape index (κ2) is 5.48. The fourth-order valence-corrected chi connectivity index (χ4v) is 1.54. The van der Waals surface area contributed by atoms with Crippen LogP contribution in [-0.2, 0) is 9.53 Å². The van der Waals surface area contributed by atoms with Crippen molar-refractivity contribution in [3.63, 3.8) is 0 Å². The first kappa shape index (κ1) is 14.0. The summed E-state index contributed by atoms with van der Waals surface area (Å²) in [4.78, 5) is 36.9. The molecule has 0 aliphatic carbocycles. The van der Waals surface area contributed by atoms with Gasteiger partial charge in [-0.15, -0.1) is 0 Å². The molecule has 1 aromatic heterocycles. The monoisotopic (exact) mass is 253 g/mol. The highest BCUT2D eigenvalue weighted by Crippen LogP contribution is 2.28. The van der Waals surface area contributed by atoms with E-state index in [9.17, 15) is 14.4 Å². The van der Waals surface area contributed by atoms with Crippen LogP contribution in [0.25, 0.3) is 0 Å². The van der Waals surface area contributed by atoms with E-state index in [1.807, 2.05) is 0 Å². The van der Waals surface area contributed by atoms with Crippen molar-refractivity contribution in [2.24, 2.45) is 0 Å². The lowest BCUT2D eigenvalue weighted by Gasteiger charge is -2.05. The highest BCUT2D eigenvalue weighted by atomic mass is 16.5. The molecule has 0 aliphatic rings. The van der Waals surface area contributed by atoms with Crippen molar-refractivity contribution in [2.45, 2.75) is 27.7 Å². The molecule has 1 aromatic rings. The highest BCUT2D eigenvalue weighted by molar-refractivity contribution is 6.03. The first-order chi connectivity index (χ1) is 8.38. The number of aromatic nitrogens is 1. The third kappa shape index (κ3) is 2.77. The Morgan fingerprint density at radius 3 is 2.28 bits per heavy atom. The van der Waals surface area contributed by atoms with Gasteiger partial charge in [0.1, 0.15) is 11.3 Å². The van der Waals surface area contributed by atoms with Crippen molar-refractivity contribution in [3.8, 4) is 5.75 Å². The molecule has 0 spiro atoms. The van der Waals surface area contributed by atoms with Crippen LogP contribution in [0.15, 0.2) is 0 Å². The van der Waals surface area contributed by atoms with Gasteiger partial charge in [0.05, 0.1) is 6.61 Å². The molecule has 0 atom stereocenters. The number of esters is 2. The Kier molecular flexibility index (Phi) is 4.25. The van der Waals surface area contributed by atoms with E-state index < -0.39 is 11.9 Å². The maximum atomic E-state index is 11.8. The van der Waals surface area contributed by atoms with Crippen molar-refractivity contribution in [1.82, 2.24) is 4.98 Å². The number of hydrogen-bond acceptors (Lipinski definition) is 5. The van der Waals surface area contributed by atoms with Gasteiger partial charge in [0.25, 0.3) is 0 Å². The van der Waals surface area contributed by atoms with Crippen LogP contribution in [0, 0.1) is 6.92 Å². The number of carbonyl (C=O) groups excluding carboxylic acids is 3. The van der Waals surface area contributed by atoms with Crippen molar-refractivity contribution >= 4 is 17.7 Å². The zero-order valence-electron chi connectivity index (χ0n) is 10.7. The predicted molar refractivity (Wildman–Crippen MR) is 62.8 cm³/mol. The van der Waals surface area contributed by atoms with Crippen molar-refractivity contribution < 1.29 is 23.9 Å². The average molecular weight is 253 g/mol. The minimum atomic E-state index is -0.630. The molecule has 1 heterocycles. The summed E-state index contributed by atoms with van der Waals surface area (Å²) in [6.07, 6.45) is 0. The van der Waals surface area contributed by atoms with Gasteiger partial charge in [-0.25, -0.2) is 4.79 Å². The topological polar surface area (TPSA) is 85.5 Å². The normalized spacial score (nSPS) is 10.0. The smallest absolute Gasteiger partial charge is 0.343 e. The van der Waals surface area contributed by atoms with E-state index in [-0.39, 0.29) is 29.4 Å². The second-order valence-electron chi connectivity index (χ2n) is 3.70. The second-order valence-corrected chi connectivity index (χ2v) is 3.70. The van der Waals surface area contributed by atoms with E-state index in [1.165, 1.54) is 13.8 Å². The molecule has 0 aromatic carbocycles. The molecular formula is C12H15NO5. The number of nitrogens with one attached hydrogen (secondary N) is 1. The molecule has 1 N–H and O–H groups in total. The number of hydrogen-bond donors (Lipinski definition) is 1. The fourth-order valence-electron chi connectivity index (χ4n) is 1.54. The minimum Gasteiger partial charge on any atom is -0.462 e. The largest absolute Gasteiger partial charge is 0.462 e. The van der Waals surface area contributed by atoms with Crippen molar-refractivity contribution in [2.75, 3.05) is 6.61 Å². The van der Waals surface area contributed by atoms with Crippen molar-refractivity contribution in [1.29, 1.82) is 0 Å². The number of ketones is 1. The molecule has 0 bridgehead atoms. The number of H-pyrrole nitrogens is 1. The Labute approximate surface area is 104 Å². The van der Waals surface area contributed by atoms with Gasteiger partial charge in [-0.1, -0.05) is 0 Å². The van der Waals surface area contributed by atoms with Gasteiger partial charge in [-0.3, -0.25) is 9.59 Å². The van der Waals surface area contributed by atoms with Crippen LogP contribution in [0.1, 0.15) is 47.3 Å². The summed E-state index contributed by atoms with van der Waals surface area (Å²) in [6, 6.07) is 0. The molecule has 0 unspecified atom stereocenters. The molecule has 0 fully saturated rings. The Hall–Kier alpha value is -2.11. The lowest BCUT2D eigenvalue weighted by atomic mass is 10.2. The molecule has 0 aliphatic heterocycles. The molecule has 1 rings (SSSR count). The summed E-state index contributed by atoms with van der Waals surface area (Å²) in [7, 11) is 0. The Morgan fingerprint density at radius 1 is 1.22 bits per heavy atom. The molecule has 0 radical (unpaired) electrons. The summed E-state index contributed by atoms with van der Waals surface area (Å²) in [5, 5.41) is 0. The minimum absolute atomic E-state index is 0.0639. The zero-order valence-corrected chi connectivity index (χ0v) is 10.7. The van der Waals surface area contributed by atoms with E-state index in [0.717, 1.165) is 0 Å². The van der Waals surface area contributed by atoms with E-state index in [0.29, 0.717) is 5.69 Å². The van der Waals surface area contributed by atoms with Gasteiger partial charge in [0.15, 0.2) is 11.5 Å². The van der Waals surface area contributed by atoms with E-state index in [2.05, 4.69) is 4.98 Å². The molecule has 0 amide bonds. The number of aryl methyl sites for hydroxylation is 1. The zero-order chi connectivity index (χ0) is 13.9. The molecular weight excluding hydrogens is 238 g/mol. The number of rotatable bonds is 4. The lowest BCUT2D eigenvalue weighted by molar-refractivity contribution is -0.131. The molecule has 0 saturated heterocycles. The quantitative estimate of drug-likeness (QED) is 0.651. The molecule has 0 saturated carbocycles. The first-order valence-corrected chi connectivity index (χ1v) is 5.47. The summed E-state index contributed by atoms with van der Waals surface area (Å²) in [5.41, 5.74) is 0.595. The third-order valence-corrected chi connectivity index (χ3v) is 2.22. The average Bonchev–Trinajstić information content (AvgIpc) is 2.55. The van der Waals surface area contributed by atoms with Gasteiger partial charge in [-0.05, 0) is 13.8 Å². The summed E-state index contributed by atoms with van der Waals surface area (Å²) < 4.78 is 9.80. The molecule has 18 heavy (non-hydrogen) atoms. The summed E-state index contributed by atoms with van der Waals surface area (Å²) in [6.45, 7) is 5.97. The first-order valence-electron chi connectivity index (χ1n) is 5.47. The maximum absolute atomic E-state index is 11.8. The van der Waals surface area contributed by atoms with E-state index in [1.54, 1.807) is 13.8 Å². The van der Waals surface area contributed by atoms with E-state index in [4.69, 9.17) is 9.47 Å². The lowest BCUT2D eigenvalue weighted by Crippen LogP contribution is -2.11. The number of aromatic amines is 1. The molecule has 98 valence electrons. The van der Waals surface area contributed by atoms with Gasteiger partial charge >= 0.3 is 11.9 Å². The van der Waals surface area contributed by atoms with Crippen LogP contribution in [0.5, 0.6) is 5.75 Å². The van der Waals surface area contributed by atoms with Crippen LogP contribution >= 0.6 is 0 Å².